The molecule has 0 fully saturated rings. The van der Waals surface area contributed by atoms with Crippen LogP contribution >= 0.6 is 0 Å². The Kier molecular flexibility index (Phi) is 2.59. The molecule has 0 aliphatic carbocycles. The third-order valence-corrected chi connectivity index (χ3v) is 1.29. The van der Waals surface area contributed by atoms with Crippen molar-refractivity contribution in [1.82, 2.24) is 4.98 Å². The Balaban J connectivity index is 3.03. The van der Waals surface area contributed by atoms with E-state index < -0.39 is 6.61 Å². The summed E-state index contributed by atoms with van der Waals surface area (Å²) >= 11 is 0. The number of alkyl halides is 2. The van der Waals surface area contributed by atoms with E-state index >= 15 is 0 Å². The molecule has 0 aliphatic heterocycles. The van der Waals surface area contributed by atoms with Crippen LogP contribution < -0.4 is 10.5 Å². The van der Waals surface area contributed by atoms with Gasteiger partial charge in [0, 0.05) is 6.20 Å². The number of hydrogen-bond acceptors (Lipinski definition) is 4. The summed E-state index contributed by atoms with van der Waals surface area (Å²) in [6, 6.07) is 1.70. The van der Waals surface area contributed by atoms with Gasteiger partial charge in [0.05, 0.1) is 17.4 Å². The van der Waals surface area contributed by atoms with E-state index in [9.17, 15) is 8.78 Å². The molecule has 4 nitrogen and oxygen atoms in total. The van der Waals surface area contributed by atoms with E-state index in [1.165, 1.54) is 6.20 Å². The molecule has 1 rings (SSSR count). The second-order valence-corrected chi connectivity index (χ2v) is 2.09. The van der Waals surface area contributed by atoms with Crippen LogP contribution in [-0.2, 0) is 0 Å². The molecule has 0 unspecified atom stereocenters. The van der Waals surface area contributed by atoms with Crippen molar-refractivity contribution in [3.8, 4) is 11.8 Å². The number of ether oxygens (including phenoxy) is 1. The van der Waals surface area contributed by atoms with Gasteiger partial charge >= 0.3 is 6.61 Å². The molecular formula is C7H5F2N3O. The predicted molar refractivity (Wildman–Crippen MR) is 40.0 cm³/mol. The molecule has 1 heterocycles. The van der Waals surface area contributed by atoms with Crippen molar-refractivity contribution in [1.29, 1.82) is 5.26 Å². The summed E-state index contributed by atoms with van der Waals surface area (Å²) in [5, 5.41) is 8.46. The summed E-state index contributed by atoms with van der Waals surface area (Å²) < 4.78 is 27.5. The summed E-state index contributed by atoms with van der Waals surface area (Å²) in [7, 11) is 0. The first-order valence-corrected chi connectivity index (χ1v) is 3.23. The maximum atomic E-state index is 11.7. The Hall–Kier alpha value is -1.90. The fraction of sp³-hybridized carbons (Fsp3) is 0.143. The molecular weight excluding hydrogens is 180 g/mol. The van der Waals surface area contributed by atoms with Crippen molar-refractivity contribution in [3.63, 3.8) is 0 Å². The lowest BCUT2D eigenvalue weighted by Crippen LogP contribution is -2.05. The number of halogens is 2. The minimum absolute atomic E-state index is 0.0122. The highest BCUT2D eigenvalue weighted by atomic mass is 19.3. The maximum Gasteiger partial charge on any atom is 0.387 e. The van der Waals surface area contributed by atoms with Gasteiger partial charge in [0.15, 0.2) is 5.75 Å². The highest BCUT2D eigenvalue weighted by molar-refractivity contribution is 5.61. The molecule has 1 aromatic rings. The van der Waals surface area contributed by atoms with Crippen molar-refractivity contribution < 1.29 is 13.5 Å². The lowest BCUT2D eigenvalue weighted by molar-refractivity contribution is -0.0495. The van der Waals surface area contributed by atoms with Crippen LogP contribution in [0.2, 0.25) is 0 Å². The van der Waals surface area contributed by atoms with E-state index in [4.69, 9.17) is 11.0 Å². The number of pyridine rings is 1. The van der Waals surface area contributed by atoms with Crippen LogP contribution in [0, 0.1) is 11.3 Å². The van der Waals surface area contributed by atoms with Gasteiger partial charge in [-0.15, -0.1) is 0 Å². The molecule has 0 saturated heterocycles. The van der Waals surface area contributed by atoms with Gasteiger partial charge in [-0.3, -0.25) is 4.98 Å². The average Bonchev–Trinajstić information content (AvgIpc) is 2.08. The molecule has 0 radical (unpaired) electrons. The van der Waals surface area contributed by atoms with Gasteiger partial charge in [-0.05, 0) is 0 Å². The van der Waals surface area contributed by atoms with Gasteiger partial charge in [0.1, 0.15) is 6.07 Å². The zero-order valence-electron chi connectivity index (χ0n) is 6.37. The summed E-state index contributed by atoms with van der Waals surface area (Å²) in [5.74, 6) is -0.283. The molecule has 0 aliphatic rings. The lowest BCUT2D eigenvalue weighted by Gasteiger charge is -2.06. The van der Waals surface area contributed by atoms with Crippen LogP contribution in [0.15, 0.2) is 12.4 Å². The monoisotopic (exact) mass is 185 g/mol. The molecule has 0 aromatic carbocycles. The highest BCUT2D eigenvalue weighted by Crippen LogP contribution is 2.24. The molecule has 13 heavy (non-hydrogen) atoms. The number of nitrogens with zero attached hydrogens (tertiary/aromatic N) is 2. The Morgan fingerprint density at radius 3 is 2.77 bits per heavy atom. The van der Waals surface area contributed by atoms with Gasteiger partial charge < -0.3 is 10.5 Å². The first-order valence-electron chi connectivity index (χ1n) is 3.23. The third-order valence-electron chi connectivity index (χ3n) is 1.29. The van der Waals surface area contributed by atoms with Crippen LogP contribution in [0.3, 0.4) is 0 Å². The zero-order valence-corrected chi connectivity index (χ0v) is 6.37. The second-order valence-electron chi connectivity index (χ2n) is 2.09. The Morgan fingerprint density at radius 2 is 2.23 bits per heavy atom. The normalized spacial score (nSPS) is 9.69. The quantitative estimate of drug-likeness (QED) is 0.749. The summed E-state index contributed by atoms with van der Waals surface area (Å²) in [6.45, 7) is -2.97. The third kappa shape index (κ3) is 2.02. The van der Waals surface area contributed by atoms with E-state index in [-0.39, 0.29) is 17.0 Å². The van der Waals surface area contributed by atoms with Gasteiger partial charge in [0.25, 0.3) is 0 Å². The molecule has 0 spiro atoms. The first-order chi connectivity index (χ1) is 6.15. The predicted octanol–water partition coefficient (Wildman–Crippen LogP) is 1.14. The maximum absolute atomic E-state index is 11.7. The van der Waals surface area contributed by atoms with Gasteiger partial charge in [-0.2, -0.15) is 14.0 Å². The number of rotatable bonds is 2. The summed E-state index contributed by atoms with van der Waals surface area (Å²) in [5.41, 5.74) is 5.21. The zero-order chi connectivity index (χ0) is 9.84. The Labute approximate surface area is 72.6 Å². The largest absolute Gasteiger partial charge is 0.431 e. The van der Waals surface area contributed by atoms with E-state index in [0.717, 1.165) is 6.20 Å². The SMILES string of the molecule is N#Cc1cncc(OC(F)F)c1N. The molecule has 0 amide bonds. The number of nitrogen functional groups attached to an aromatic ring is 1. The summed E-state index contributed by atoms with van der Waals surface area (Å²) in [4.78, 5) is 3.51. The topological polar surface area (TPSA) is 71.9 Å². The van der Waals surface area contributed by atoms with Crippen molar-refractivity contribution in [2.45, 2.75) is 6.61 Å². The van der Waals surface area contributed by atoms with E-state index in [0.29, 0.717) is 0 Å². The first kappa shape index (κ1) is 9.19. The van der Waals surface area contributed by atoms with E-state index in [1.54, 1.807) is 6.07 Å². The summed E-state index contributed by atoms with van der Waals surface area (Å²) in [6.07, 6.45) is 2.20. The van der Waals surface area contributed by atoms with Crippen molar-refractivity contribution in [3.05, 3.63) is 18.0 Å². The van der Waals surface area contributed by atoms with E-state index in [1.807, 2.05) is 0 Å². The van der Waals surface area contributed by atoms with Crippen molar-refractivity contribution >= 4 is 5.69 Å². The van der Waals surface area contributed by atoms with Crippen LogP contribution in [0.5, 0.6) is 5.75 Å². The number of nitriles is 1. The second kappa shape index (κ2) is 3.67. The number of anilines is 1. The minimum Gasteiger partial charge on any atom is -0.431 e. The standard InChI is InChI=1S/C7H5F2N3O/c8-7(9)13-5-3-12-2-4(1-10)6(5)11/h2-3,7H,(H2,11,12). The van der Waals surface area contributed by atoms with Gasteiger partial charge in [-0.1, -0.05) is 0 Å². The molecule has 0 atom stereocenters. The lowest BCUT2D eigenvalue weighted by atomic mass is 10.2. The van der Waals surface area contributed by atoms with Gasteiger partial charge in [0.2, 0.25) is 0 Å². The highest BCUT2D eigenvalue weighted by Gasteiger charge is 2.10. The van der Waals surface area contributed by atoms with Crippen molar-refractivity contribution in [2.75, 3.05) is 5.73 Å². The van der Waals surface area contributed by atoms with Crippen LogP contribution in [-0.4, -0.2) is 11.6 Å². The number of hydrogen-bond donors (Lipinski definition) is 1. The number of aromatic nitrogens is 1. The Bertz CT molecular complexity index is 348. The van der Waals surface area contributed by atoms with Gasteiger partial charge in [-0.25, -0.2) is 0 Å². The van der Waals surface area contributed by atoms with Crippen LogP contribution in [0.1, 0.15) is 5.56 Å². The molecule has 0 saturated carbocycles. The fourth-order valence-electron chi connectivity index (χ4n) is 0.730. The molecule has 2 N–H and O–H groups in total. The molecule has 0 bridgehead atoms. The Morgan fingerprint density at radius 1 is 1.54 bits per heavy atom. The van der Waals surface area contributed by atoms with Crippen molar-refractivity contribution in [2.24, 2.45) is 0 Å². The smallest absolute Gasteiger partial charge is 0.387 e. The fourth-order valence-corrected chi connectivity index (χ4v) is 0.730. The molecule has 6 heteroatoms. The van der Waals surface area contributed by atoms with E-state index in [2.05, 4.69) is 9.72 Å². The van der Waals surface area contributed by atoms with Crippen LogP contribution in [0.25, 0.3) is 0 Å². The molecule has 68 valence electrons. The molecule has 1 aromatic heterocycles. The van der Waals surface area contributed by atoms with Crippen LogP contribution in [0.4, 0.5) is 14.5 Å². The minimum atomic E-state index is -2.97. The average molecular weight is 185 g/mol. The number of nitrogens with two attached hydrogens (primary N) is 1.